The minimum absolute atomic E-state index is 1.21. The molecule has 0 aromatic heterocycles. The molecule has 0 aromatic carbocycles. The van der Waals surface area contributed by atoms with Gasteiger partial charge >= 0.3 is 0 Å². The van der Waals surface area contributed by atoms with E-state index in [4.69, 9.17) is 0 Å². The first-order valence-electron chi connectivity index (χ1n) is 5.71. The highest BCUT2D eigenvalue weighted by Crippen LogP contribution is 2.15. The van der Waals surface area contributed by atoms with E-state index in [1.165, 1.54) is 50.6 Å². The fraction of sp³-hybridized carbons (Fsp3) is 0.667. The van der Waals surface area contributed by atoms with Gasteiger partial charge in [0.05, 0.1) is 0 Å². The Balaban J connectivity index is 1.93. The van der Waals surface area contributed by atoms with Crippen molar-refractivity contribution < 1.29 is 0 Å². The van der Waals surface area contributed by atoms with Crippen molar-refractivity contribution >= 4 is 11.9 Å². The number of unbranched alkanes of at least 4 members (excludes halogenated alkanes) is 5. The third-order valence-electron chi connectivity index (χ3n) is 2.43. The molecule has 80 valence electrons. The van der Waals surface area contributed by atoms with Gasteiger partial charge in [-0.15, -0.1) is 0 Å². The van der Waals surface area contributed by atoms with Crippen LogP contribution in [0.5, 0.6) is 0 Å². The first-order valence-corrected chi connectivity index (χ1v) is 6.59. The standard InChI is InChI=1S/C12H21NS/c1-2-3-4-5-6-7-9-12-10-8-11-14-13-12/h8,10-11,13H,2-7,9H2,1H3. The van der Waals surface area contributed by atoms with Crippen molar-refractivity contribution in [1.82, 2.24) is 4.72 Å². The van der Waals surface area contributed by atoms with Crippen LogP contribution < -0.4 is 4.72 Å². The van der Waals surface area contributed by atoms with Crippen molar-refractivity contribution in [2.45, 2.75) is 51.9 Å². The normalized spacial score (nSPS) is 15.1. The van der Waals surface area contributed by atoms with Crippen molar-refractivity contribution in [3.05, 3.63) is 23.3 Å². The average molecular weight is 211 g/mol. The summed E-state index contributed by atoms with van der Waals surface area (Å²) in [4.78, 5) is 0. The van der Waals surface area contributed by atoms with E-state index in [2.05, 4.69) is 29.2 Å². The van der Waals surface area contributed by atoms with Gasteiger partial charge in [-0.1, -0.05) is 45.1 Å². The molecule has 0 aliphatic carbocycles. The highest BCUT2D eigenvalue weighted by Gasteiger charge is 1.98. The summed E-state index contributed by atoms with van der Waals surface area (Å²) in [5, 5.41) is 2.07. The predicted octanol–water partition coefficient (Wildman–Crippen LogP) is 4.39. The van der Waals surface area contributed by atoms with Gasteiger partial charge in [-0.25, -0.2) is 0 Å². The Morgan fingerprint density at radius 3 is 2.64 bits per heavy atom. The molecule has 0 amide bonds. The van der Waals surface area contributed by atoms with E-state index in [1.54, 1.807) is 11.9 Å². The molecule has 1 heterocycles. The van der Waals surface area contributed by atoms with Crippen molar-refractivity contribution in [3.8, 4) is 0 Å². The maximum atomic E-state index is 3.31. The minimum Gasteiger partial charge on any atom is -0.330 e. The lowest BCUT2D eigenvalue weighted by Gasteiger charge is -2.10. The summed E-state index contributed by atoms with van der Waals surface area (Å²) in [6, 6.07) is 0. The second kappa shape index (κ2) is 7.98. The number of rotatable bonds is 7. The molecule has 0 saturated heterocycles. The van der Waals surface area contributed by atoms with Gasteiger partial charge in [-0.05, 0) is 36.3 Å². The Hall–Kier alpha value is -0.370. The van der Waals surface area contributed by atoms with Crippen molar-refractivity contribution in [2.75, 3.05) is 0 Å². The molecular formula is C12H21NS. The van der Waals surface area contributed by atoms with Crippen LogP contribution >= 0.6 is 11.9 Å². The summed E-state index contributed by atoms with van der Waals surface area (Å²) in [6.45, 7) is 2.26. The van der Waals surface area contributed by atoms with Gasteiger partial charge in [0.1, 0.15) is 0 Å². The maximum absolute atomic E-state index is 3.31. The molecule has 0 fully saturated rings. The van der Waals surface area contributed by atoms with Crippen LogP contribution in [0.15, 0.2) is 23.3 Å². The number of nitrogens with one attached hydrogen (secondary N) is 1. The topological polar surface area (TPSA) is 12.0 Å². The van der Waals surface area contributed by atoms with Crippen molar-refractivity contribution in [3.63, 3.8) is 0 Å². The van der Waals surface area contributed by atoms with Crippen LogP contribution in [0.4, 0.5) is 0 Å². The Labute approximate surface area is 92.2 Å². The molecule has 0 bridgehead atoms. The molecule has 0 atom stereocenters. The van der Waals surface area contributed by atoms with E-state index in [-0.39, 0.29) is 0 Å². The van der Waals surface area contributed by atoms with Crippen LogP contribution in [0, 0.1) is 0 Å². The fourth-order valence-corrected chi connectivity index (χ4v) is 2.12. The van der Waals surface area contributed by atoms with Crippen LogP contribution in [0.3, 0.4) is 0 Å². The molecule has 1 N–H and O–H groups in total. The van der Waals surface area contributed by atoms with E-state index in [9.17, 15) is 0 Å². The zero-order chi connectivity index (χ0) is 10.1. The Morgan fingerprint density at radius 1 is 1.14 bits per heavy atom. The first-order chi connectivity index (χ1) is 6.93. The molecule has 0 saturated carbocycles. The summed E-state index contributed by atoms with van der Waals surface area (Å²) in [7, 11) is 0. The molecule has 1 rings (SSSR count). The number of hydrogen-bond donors (Lipinski definition) is 1. The summed E-state index contributed by atoms with van der Waals surface area (Å²) in [6.07, 6.45) is 13.8. The van der Waals surface area contributed by atoms with Gasteiger partial charge in [0.2, 0.25) is 0 Å². The summed E-state index contributed by atoms with van der Waals surface area (Å²) in [5.41, 5.74) is 1.38. The molecule has 0 unspecified atom stereocenters. The molecule has 0 radical (unpaired) electrons. The summed E-state index contributed by atoms with van der Waals surface area (Å²) < 4.78 is 3.31. The van der Waals surface area contributed by atoms with E-state index < -0.39 is 0 Å². The van der Waals surface area contributed by atoms with E-state index in [0.29, 0.717) is 0 Å². The lowest BCUT2D eigenvalue weighted by molar-refractivity contribution is 0.604. The first kappa shape index (κ1) is 11.7. The molecule has 2 heteroatoms. The van der Waals surface area contributed by atoms with Gasteiger partial charge in [0.25, 0.3) is 0 Å². The monoisotopic (exact) mass is 211 g/mol. The average Bonchev–Trinajstić information content (AvgIpc) is 2.25. The van der Waals surface area contributed by atoms with Crippen molar-refractivity contribution in [1.29, 1.82) is 0 Å². The molecule has 14 heavy (non-hydrogen) atoms. The Kier molecular flexibility index (Phi) is 6.67. The van der Waals surface area contributed by atoms with Gasteiger partial charge in [-0.3, -0.25) is 0 Å². The second-order valence-corrected chi connectivity index (χ2v) is 4.47. The zero-order valence-corrected chi connectivity index (χ0v) is 9.91. The zero-order valence-electron chi connectivity index (χ0n) is 9.09. The van der Waals surface area contributed by atoms with Crippen LogP contribution in [0.2, 0.25) is 0 Å². The largest absolute Gasteiger partial charge is 0.330 e. The smallest absolute Gasteiger partial charge is 0.0214 e. The minimum atomic E-state index is 1.21. The van der Waals surface area contributed by atoms with Gasteiger partial charge < -0.3 is 4.72 Å². The third kappa shape index (κ3) is 5.38. The molecule has 1 aliphatic heterocycles. The quantitative estimate of drug-likeness (QED) is 0.495. The molecule has 0 spiro atoms. The maximum Gasteiger partial charge on any atom is 0.0214 e. The van der Waals surface area contributed by atoms with Gasteiger partial charge in [-0.2, -0.15) is 0 Å². The van der Waals surface area contributed by atoms with Crippen LogP contribution in [-0.4, -0.2) is 0 Å². The highest BCUT2D eigenvalue weighted by atomic mass is 32.2. The second-order valence-electron chi connectivity index (χ2n) is 3.76. The lowest BCUT2D eigenvalue weighted by atomic mass is 10.1. The van der Waals surface area contributed by atoms with E-state index in [0.717, 1.165) is 0 Å². The Morgan fingerprint density at radius 2 is 1.93 bits per heavy atom. The third-order valence-corrected chi connectivity index (χ3v) is 3.11. The van der Waals surface area contributed by atoms with Gasteiger partial charge in [0.15, 0.2) is 0 Å². The summed E-state index contributed by atoms with van der Waals surface area (Å²) >= 11 is 1.68. The SMILES string of the molecule is CCCCCCCCC1=CC=CSN1. The molecular weight excluding hydrogens is 190 g/mol. The molecule has 1 aliphatic rings. The number of allylic oxidation sites excluding steroid dienone is 3. The molecule has 1 nitrogen and oxygen atoms in total. The summed E-state index contributed by atoms with van der Waals surface area (Å²) in [5.74, 6) is 0. The van der Waals surface area contributed by atoms with Crippen molar-refractivity contribution in [2.24, 2.45) is 0 Å². The van der Waals surface area contributed by atoms with Crippen LogP contribution in [-0.2, 0) is 0 Å². The Bertz CT molecular complexity index is 196. The lowest BCUT2D eigenvalue weighted by Crippen LogP contribution is -2.03. The van der Waals surface area contributed by atoms with Crippen LogP contribution in [0.1, 0.15) is 51.9 Å². The molecule has 0 aromatic rings. The van der Waals surface area contributed by atoms with E-state index >= 15 is 0 Å². The fourth-order valence-electron chi connectivity index (χ4n) is 1.57. The van der Waals surface area contributed by atoms with Gasteiger partial charge in [0, 0.05) is 5.70 Å². The predicted molar refractivity (Wildman–Crippen MR) is 65.9 cm³/mol. The van der Waals surface area contributed by atoms with Crippen LogP contribution in [0.25, 0.3) is 0 Å². The highest BCUT2D eigenvalue weighted by molar-refractivity contribution is 8.00. The van der Waals surface area contributed by atoms with E-state index in [1.807, 2.05) is 0 Å². The number of hydrogen-bond acceptors (Lipinski definition) is 2.